The average Bonchev–Trinajstić information content (AvgIpc) is 2.89. The number of aromatic nitrogens is 2. The number of rotatable bonds is 5. The third-order valence-corrected chi connectivity index (χ3v) is 3.88. The molecule has 3 aromatic rings. The second-order valence-corrected chi connectivity index (χ2v) is 5.31. The number of hydrogen-bond acceptors (Lipinski definition) is 2. The van der Waals surface area contributed by atoms with E-state index in [0.717, 1.165) is 24.3 Å². The van der Waals surface area contributed by atoms with Gasteiger partial charge in [-0.15, -0.1) is 0 Å². The molecule has 0 aliphatic rings. The smallest absolute Gasteiger partial charge is 0.118 e. The van der Waals surface area contributed by atoms with Crippen LogP contribution in [0.15, 0.2) is 54.6 Å². The van der Waals surface area contributed by atoms with Crippen molar-refractivity contribution in [3.63, 3.8) is 0 Å². The molecular weight excluding hydrogens is 258 g/mol. The molecule has 3 rings (SSSR count). The summed E-state index contributed by atoms with van der Waals surface area (Å²) in [5.41, 5.74) is 9.55. The minimum absolute atomic E-state index is 0.144. The van der Waals surface area contributed by atoms with Gasteiger partial charge in [0.2, 0.25) is 0 Å². The van der Waals surface area contributed by atoms with Crippen LogP contribution in [0.2, 0.25) is 0 Å². The van der Waals surface area contributed by atoms with Crippen LogP contribution < -0.4 is 5.73 Å². The Morgan fingerprint density at radius 1 is 1.05 bits per heavy atom. The van der Waals surface area contributed by atoms with Crippen molar-refractivity contribution in [1.29, 1.82) is 0 Å². The number of benzene rings is 2. The number of imidazole rings is 1. The summed E-state index contributed by atoms with van der Waals surface area (Å²) in [5, 5.41) is 0. The topological polar surface area (TPSA) is 43.8 Å². The molecule has 0 amide bonds. The molecule has 3 nitrogen and oxygen atoms in total. The van der Waals surface area contributed by atoms with Crippen LogP contribution in [0.25, 0.3) is 11.0 Å². The summed E-state index contributed by atoms with van der Waals surface area (Å²) in [7, 11) is 0. The molecule has 108 valence electrons. The maximum absolute atomic E-state index is 6.07. The summed E-state index contributed by atoms with van der Waals surface area (Å²) in [6.07, 6.45) is 1.08. The zero-order chi connectivity index (χ0) is 14.7. The minimum Gasteiger partial charge on any atom is -0.329 e. The van der Waals surface area contributed by atoms with Crippen molar-refractivity contribution in [3.8, 4) is 0 Å². The molecule has 2 aromatic carbocycles. The Morgan fingerprint density at radius 3 is 2.48 bits per heavy atom. The third-order valence-electron chi connectivity index (χ3n) is 3.88. The minimum atomic E-state index is 0.144. The lowest BCUT2D eigenvalue weighted by Crippen LogP contribution is -2.18. The zero-order valence-electron chi connectivity index (χ0n) is 12.4. The van der Waals surface area contributed by atoms with Crippen LogP contribution in [0.5, 0.6) is 0 Å². The van der Waals surface area contributed by atoms with Crippen molar-refractivity contribution < 1.29 is 0 Å². The van der Waals surface area contributed by atoms with Crippen molar-refractivity contribution in [2.45, 2.75) is 25.8 Å². The SMILES string of the molecule is CCCn1c(C(CN)c2ccccc2)nc2ccccc21. The molecule has 1 unspecified atom stereocenters. The summed E-state index contributed by atoms with van der Waals surface area (Å²) in [6, 6.07) is 18.7. The van der Waals surface area contributed by atoms with Gasteiger partial charge in [0.15, 0.2) is 0 Å². The van der Waals surface area contributed by atoms with Crippen LogP contribution in [0.1, 0.15) is 30.7 Å². The van der Waals surface area contributed by atoms with Crippen LogP contribution in [0.3, 0.4) is 0 Å². The molecule has 21 heavy (non-hydrogen) atoms. The van der Waals surface area contributed by atoms with E-state index in [9.17, 15) is 0 Å². The lowest BCUT2D eigenvalue weighted by atomic mass is 9.98. The second-order valence-electron chi connectivity index (χ2n) is 5.31. The molecule has 0 spiro atoms. The Kier molecular flexibility index (Phi) is 4.02. The summed E-state index contributed by atoms with van der Waals surface area (Å²) in [5.74, 6) is 1.22. The summed E-state index contributed by atoms with van der Waals surface area (Å²) < 4.78 is 2.32. The standard InChI is InChI=1S/C18H21N3/c1-2-12-21-17-11-7-6-10-16(17)20-18(21)15(13-19)14-8-4-3-5-9-14/h3-11,15H,2,12-13,19H2,1H3. The van der Waals surface area contributed by atoms with E-state index in [1.54, 1.807) is 0 Å². The number of nitrogens with two attached hydrogens (primary N) is 1. The molecule has 1 aromatic heterocycles. The quantitative estimate of drug-likeness (QED) is 0.776. The van der Waals surface area contributed by atoms with Crippen LogP contribution in [0, 0.1) is 0 Å². The van der Waals surface area contributed by atoms with Crippen molar-refractivity contribution in [2.75, 3.05) is 6.54 Å². The Hall–Kier alpha value is -2.13. The molecule has 0 fully saturated rings. The van der Waals surface area contributed by atoms with Gasteiger partial charge in [-0.05, 0) is 24.1 Å². The maximum atomic E-state index is 6.07. The largest absolute Gasteiger partial charge is 0.329 e. The van der Waals surface area contributed by atoms with E-state index in [0.29, 0.717) is 6.54 Å². The second kappa shape index (κ2) is 6.10. The van der Waals surface area contributed by atoms with Gasteiger partial charge in [0.05, 0.1) is 17.0 Å². The molecule has 0 saturated carbocycles. The Labute approximate surface area is 125 Å². The first-order valence-corrected chi connectivity index (χ1v) is 7.55. The van der Waals surface area contributed by atoms with Gasteiger partial charge in [0.25, 0.3) is 0 Å². The first kappa shape index (κ1) is 13.8. The van der Waals surface area contributed by atoms with Gasteiger partial charge >= 0.3 is 0 Å². The maximum Gasteiger partial charge on any atom is 0.118 e. The lowest BCUT2D eigenvalue weighted by Gasteiger charge is -2.17. The fourth-order valence-electron chi connectivity index (χ4n) is 2.89. The molecular formula is C18H21N3. The van der Waals surface area contributed by atoms with E-state index in [2.05, 4.69) is 54.0 Å². The number of para-hydroxylation sites is 2. The predicted octanol–water partition coefficient (Wildman–Crippen LogP) is 3.54. The van der Waals surface area contributed by atoms with Crippen molar-refractivity contribution in [2.24, 2.45) is 5.73 Å². The molecule has 0 aliphatic heterocycles. The Morgan fingerprint density at radius 2 is 1.76 bits per heavy atom. The highest BCUT2D eigenvalue weighted by Crippen LogP contribution is 2.27. The first-order chi connectivity index (χ1) is 10.3. The van der Waals surface area contributed by atoms with Crippen LogP contribution >= 0.6 is 0 Å². The molecule has 0 saturated heterocycles. The first-order valence-electron chi connectivity index (χ1n) is 7.55. The Bertz CT molecular complexity index is 716. The van der Waals surface area contributed by atoms with Gasteiger partial charge in [-0.3, -0.25) is 0 Å². The number of hydrogen-bond donors (Lipinski definition) is 1. The Balaban J connectivity index is 2.15. The van der Waals surface area contributed by atoms with E-state index in [1.807, 2.05) is 12.1 Å². The highest BCUT2D eigenvalue weighted by Gasteiger charge is 2.20. The van der Waals surface area contributed by atoms with Crippen LogP contribution in [0.4, 0.5) is 0 Å². The lowest BCUT2D eigenvalue weighted by molar-refractivity contribution is 0.621. The predicted molar refractivity (Wildman–Crippen MR) is 87.4 cm³/mol. The van der Waals surface area contributed by atoms with Gasteiger partial charge in [-0.1, -0.05) is 49.4 Å². The summed E-state index contributed by atoms with van der Waals surface area (Å²) in [6.45, 7) is 3.73. The molecule has 1 atom stereocenters. The number of nitrogens with zero attached hydrogens (tertiary/aromatic N) is 2. The highest BCUT2D eigenvalue weighted by atomic mass is 15.1. The van der Waals surface area contributed by atoms with Crippen molar-refractivity contribution >= 4 is 11.0 Å². The van der Waals surface area contributed by atoms with Crippen molar-refractivity contribution in [1.82, 2.24) is 9.55 Å². The average molecular weight is 279 g/mol. The van der Waals surface area contributed by atoms with Gasteiger partial charge in [0.1, 0.15) is 5.82 Å². The zero-order valence-corrected chi connectivity index (χ0v) is 12.4. The summed E-state index contributed by atoms with van der Waals surface area (Å²) >= 11 is 0. The molecule has 0 bridgehead atoms. The van der Waals surface area contributed by atoms with Crippen LogP contribution in [-0.2, 0) is 6.54 Å². The normalized spacial score (nSPS) is 12.7. The number of aryl methyl sites for hydroxylation is 1. The van der Waals surface area contributed by atoms with Crippen molar-refractivity contribution in [3.05, 3.63) is 66.0 Å². The van der Waals surface area contributed by atoms with Gasteiger partial charge in [0, 0.05) is 13.1 Å². The monoisotopic (exact) mass is 279 g/mol. The third kappa shape index (κ3) is 2.57. The highest BCUT2D eigenvalue weighted by molar-refractivity contribution is 5.76. The van der Waals surface area contributed by atoms with Gasteiger partial charge in [-0.25, -0.2) is 4.98 Å². The summed E-state index contributed by atoms with van der Waals surface area (Å²) in [4.78, 5) is 4.86. The molecule has 3 heteroatoms. The van der Waals surface area contributed by atoms with E-state index >= 15 is 0 Å². The van der Waals surface area contributed by atoms with E-state index in [1.165, 1.54) is 11.1 Å². The fraction of sp³-hybridized carbons (Fsp3) is 0.278. The fourth-order valence-corrected chi connectivity index (χ4v) is 2.89. The molecule has 0 radical (unpaired) electrons. The molecule has 2 N–H and O–H groups in total. The molecule has 1 heterocycles. The number of fused-ring (bicyclic) bond motifs is 1. The van der Waals surface area contributed by atoms with Gasteiger partial charge < -0.3 is 10.3 Å². The van der Waals surface area contributed by atoms with E-state index in [4.69, 9.17) is 10.7 Å². The van der Waals surface area contributed by atoms with E-state index < -0.39 is 0 Å². The van der Waals surface area contributed by atoms with E-state index in [-0.39, 0.29) is 5.92 Å². The van der Waals surface area contributed by atoms with Gasteiger partial charge in [-0.2, -0.15) is 0 Å². The van der Waals surface area contributed by atoms with Crippen LogP contribution in [-0.4, -0.2) is 16.1 Å². The molecule has 0 aliphatic carbocycles.